The van der Waals surface area contributed by atoms with Gasteiger partial charge in [0.1, 0.15) is 0 Å². The van der Waals surface area contributed by atoms with Gasteiger partial charge in [-0.15, -0.1) is 0 Å². The third-order valence-corrected chi connectivity index (χ3v) is 2.37. The van der Waals surface area contributed by atoms with E-state index in [4.69, 9.17) is 5.73 Å². The lowest BCUT2D eigenvalue weighted by Crippen LogP contribution is -2.40. The number of hydrogen-bond acceptors (Lipinski definition) is 4. The molecule has 1 aromatic rings. The highest BCUT2D eigenvalue weighted by molar-refractivity contribution is 5.28. The monoisotopic (exact) mass is 178 g/mol. The summed E-state index contributed by atoms with van der Waals surface area (Å²) < 4.78 is 0. The van der Waals surface area contributed by atoms with Crippen LogP contribution in [0.2, 0.25) is 0 Å². The van der Waals surface area contributed by atoms with Gasteiger partial charge in [-0.25, -0.2) is 9.97 Å². The first-order chi connectivity index (χ1) is 6.36. The Morgan fingerprint density at radius 1 is 1.23 bits per heavy atom. The van der Waals surface area contributed by atoms with E-state index in [9.17, 15) is 0 Å². The Morgan fingerprint density at radius 3 is 2.46 bits per heavy atom. The van der Waals surface area contributed by atoms with Crippen molar-refractivity contribution >= 4 is 5.95 Å². The molecule has 1 aliphatic rings. The smallest absolute Gasteiger partial charge is 0.225 e. The topological polar surface area (TPSA) is 55.0 Å². The molecular formula is C9H14N4. The van der Waals surface area contributed by atoms with Crippen LogP contribution in [0.4, 0.5) is 5.95 Å². The predicted octanol–water partition coefficient (Wildman–Crippen LogP) is 0.404. The molecule has 13 heavy (non-hydrogen) atoms. The maximum atomic E-state index is 5.81. The molecule has 0 bridgehead atoms. The summed E-state index contributed by atoms with van der Waals surface area (Å²) in [7, 11) is 0. The summed E-state index contributed by atoms with van der Waals surface area (Å²) in [5.41, 5.74) is 5.81. The molecule has 0 saturated carbocycles. The normalized spacial score (nSPS) is 19.0. The van der Waals surface area contributed by atoms with Gasteiger partial charge in [0.15, 0.2) is 0 Å². The van der Waals surface area contributed by atoms with E-state index < -0.39 is 0 Å². The number of piperidine rings is 1. The molecule has 0 aliphatic carbocycles. The molecule has 0 unspecified atom stereocenters. The summed E-state index contributed by atoms with van der Waals surface area (Å²) in [6.45, 7) is 1.95. The van der Waals surface area contributed by atoms with E-state index in [0.717, 1.165) is 31.9 Å². The highest BCUT2D eigenvalue weighted by atomic mass is 15.2. The first kappa shape index (κ1) is 8.44. The summed E-state index contributed by atoms with van der Waals surface area (Å²) in [5.74, 6) is 0.828. The molecule has 0 atom stereocenters. The first-order valence-corrected chi connectivity index (χ1v) is 4.64. The van der Waals surface area contributed by atoms with E-state index in [2.05, 4.69) is 14.9 Å². The van der Waals surface area contributed by atoms with Crippen LogP contribution in [-0.2, 0) is 0 Å². The highest BCUT2D eigenvalue weighted by Gasteiger charge is 2.17. The lowest BCUT2D eigenvalue weighted by atomic mass is 10.1. The van der Waals surface area contributed by atoms with Crippen LogP contribution in [0.25, 0.3) is 0 Å². The molecule has 70 valence electrons. The van der Waals surface area contributed by atoms with Gasteiger partial charge in [0.25, 0.3) is 0 Å². The molecule has 0 aromatic carbocycles. The van der Waals surface area contributed by atoms with E-state index in [1.165, 1.54) is 0 Å². The third kappa shape index (κ3) is 1.95. The summed E-state index contributed by atoms with van der Waals surface area (Å²) in [4.78, 5) is 10.6. The fraction of sp³-hybridized carbons (Fsp3) is 0.556. The van der Waals surface area contributed by atoms with Gasteiger partial charge < -0.3 is 10.6 Å². The van der Waals surface area contributed by atoms with Crippen molar-refractivity contribution < 1.29 is 0 Å². The Morgan fingerprint density at radius 2 is 1.85 bits per heavy atom. The van der Waals surface area contributed by atoms with Crippen molar-refractivity contribution in [1.29, 1.82) is 0 Å². The van der Waals surface area contributed by atoms with Crippen molar-refractivity contribution in [1.82, 2.24) is 9.97 Å². The van der Waals surface area contributed by atoms with Gasteiger partial charge in [0.05, 0.1) is 0 Å². The fourth-order valence-electron chi connectivity index (χ4n) is 1.55. The van der Waals surface area contributed by atoms with E-state index >= 15 is 0 Å². The molecule has 1 aromatic heterocycles. The van der Waals surface area contributed by atoms with E-state index in [-0.39, 0.29) is 0 Å². The van der Waals surface area contributed by atoms with Crippen LogP contribution in [0.15, 0.2) is 18.5 Å². The zero-order chi connectivity index (χ0) is 9.10. The van der Waals surface area contributed by atoms with Crippen LogP contribution in [0, 0.1) is 0 Å². The molecule has 1 saturated heterocycles. The van der Waals surface area contributed by atoms with Crippen molar-refractivity contribution in [2.75, 3.05) is 18.0 Å². The minimum absolute atomic E-state index is 0.361. The van der Waals surface area contributed by atoms with Gasteiger partial charge in [-0.05, 0) is 18.9 Å². The molecule has 2 heterocycles. The summed E-state index contributed by atoms with van der Waals surface area (Å²) in [6, 6.07) is 2.19. The van der Waals surface area contributed by atoms with Crippen molar-refractivity contribution in [3.05, 3.63) is 18.5 Å². The Hall–Kier alpha value is -1.16. The molecule has 1 aliphatic heterocycles. The Bertz CT molecular complexity index is 254. The third-order valence-electron chi connectivity index (χ3n) is 2.37. The second-order valence-electron chi connectivity index (χ2n) is 3.37. The highest BCUT2D eigenvalue weighted by Crippen LogP contribution is 2.13. The number of nitrogens with two attached hydrogens (primary N) is 1. The predicted molar refractivity (Wildman–Crippen MR) is 51.5 cm³/mol. The lowest BCUT2D eigenvalue weighted by molar-refractivity contribution is 0.495. The molecule has 2 rings (SSSR count). The van der Waals surface area contributed by atoms with Gasteiger partial charge in [-0.1, -0.05) is 0 Å². The van der Waals surface area contributed by atoms with E-state index in [1.54, 1.807) is 12.4 Å². The first-order valence-electron chi connectivity index (χ1n) is 4.64. The van der Waals surface area contributed by atoms with Crippen LogP contribution in [0.3, 0.4) is 0 Å². The molecule has 4 heteroatoms. The maximum Gasteiger partial charge on any atom is 0.225 e. The van der Waals surface area contributed by atoms with Crippen LogP contribution in [0.5, 0.6) is 0 Å². The van der Waals surface area contributed by atoms with Gasteiger partial charge in [-0.3, -0.25) is 0 Å². The van der Waals surface area contributed by atoms with Crippen LogP contribution < -0.4 is 10.6 Å². The van der Waals surface area contributed by atoms with Gasteiger partial charge in [0.2, 0.25) is 5.95 Å². The largest absolute Gasteiger partial charge is 0.341 e. The van der Waals surface area contributed by atoms with Gasteiger partial charge in [0, 0.05) is 31.5 Å². The van der Waals surface area contributed by atoms with Gasteiger partial charge in [-0.2, -0.15) is 0 Å². The Labute approximate surface area is 77.8 Å². The average Bonchev–Trinajstić information content (AvgIpc) is 2.20. The number of hydrogen-bond donors (Lipinski definition) is 1. The minimum Gasteiger partial charge on any atom is -0.341 e. The molecule has 0 amide bonds. The quantitative estimate of drug-likeness (QED) is 0.676. The van der Waals surface area contributed by atoms with Crippen LogP contribution in [0.1, 0.15) is 12.8 Å². The molecule has 4 nitrogen and oxygen atoms in total. The van der Waals surface area contributed by atoms with Crippen molar-refractivity contribution in [2.24, 2.45) is 5.73 Å². The number of nitrogens with zero attached hydrogens (tertiary/aromatic N) is 3. The van der Waals surface area contributed by atoms with Crippen LogP contribution >= 0.6 is 0 Å². The van der Waals surface area contributed by atoms with Crippen LogP contribution in [-0.4, -0.2) is 29.1 Å². The summed E-state index contributed by atoms with van der Waals surface area (Å²) in [6.07, 6.45) is 5.63. The molecule has 0 spiro atoms. The van der Waals surface area contributed by atoms with Crippen molar-refractivity contribution in [3.8, 4) is 0 Å². The summed E-state index contributed by atoms with van der Waals surface area (Å²) in [5, 5.41) is 0. The van der Waals surface area contributed by atoms with Gasteiger partial charge >= 0.3 is 0 Å². The second kappa shape index (κ2) is 3.70. The Kier molecular flexibility index (Phi) is 2.40. The molecule has 2 N–H and O–H groups in total. The van der Waals surface area contributed by atoms with E-state index in [1.807, 2.05) is 6.07 Å². The summed E-state index contributed by atoms with van der Waals surface area (Å²) >= 11 is 0. The van der Waals surface area contributed by atoms with Crippen molar-refractivity contribution in [3.63, 3.8) is 0 Å². The number of rotatable bonds is 1. The standard InChI is InChI=1S/C9H14N4/c10-8-2-6-13(7-3-8)9-11-4-1-5-12-9/h1,4-5,8H,2-3,6-7,10H2. The van der Waals surface area contributed by atoms with Crippen molar-refractivity contribution in [2.45, 2.75) is 18.9 Å². The molecular weight excluding hydrogens is 164 g/mol. The lowest BCUT2D eigenvalue weighted by Gasteiger charge is -2.29. The molecule has 1 fully saturated rings. The molecule has 0 radical (unpaired) electrons. The SMILES string of the molecule is NC1CCN(c2ncccn2)CC1. The maximum absolute atomic E-state index is 5.81. The zero-order valence-corrected chi connectivity index (χ0v) is 7.56. The Balaban J connectivity index is 2.03. The zero-order valence-electron chi connectivity index (χ0n) is 7.56. The minimum atomic E-state index is 0.361. The average molecular weight is 178 g/mol. The van der Waals surface area contributed by atoms with E-state index in [0.29, 0.717) is 6.04 Å². The number of aromatic nitrogens is 2. The fourth-order valence-corrected chi connectivity index (χ4v) is 1.55. The number of anilines is 1. The second-order valence-corrected chi connectivity index (χ2v) is 3.37.